The van der Waals surface area contributed by atoms with E-state index in [1.165, 1.54) is 0 Å². The normalized spacial score (nSPS) is 26.8. The van der Waals surface area contributed by atoms with Gasteiger partial charge in [0.05, 0.1) is 5.41 Å². The fourth-order valence-corrected chi connectivity index (χ4v) is 2.69. The molecule has 5 nitrogen and oxygen atoms in total. The van der Waals surface area contributed by atoms with Crippen LogP contribution in [0, 0.1) is 6.92 Å². The van der Waals surface area contributed by atoms with Crippen LogP contribution in [-0.4, -0.2) is 21.2 Å². The maximum absolute atomic E-state index is 6.17. The van der Waals surface area contributed by atoms with E-state index in [1.54, 1.807) is 0 Å². The van der Waals surface area contributed by atoms with Gasteiger partial charge in [-0.25, -0.2) is 4.98 Å². The summed E-state index contributed by atoms with van der Waals surface area (Å²) in [6.45, 7) is 4.05. The highest BCUT2D eigenvalue weighted by molar-refractivity contribution is 5.48. The van der Waals surface area contributed by atoms with E-state index in [0.29, 0.717) is 11.7 Å². The molecule has 2 aromatic heterocycles. The first kappa shape index (κ1) is 12.3. The second kappa shape index (κ2) is 4.42. The predicted molar refractivity (Wildman–Crippen MR) is 71.4 cm³/mol. The fourth-order valence-electron chi connectivity index (χ4n) is 2.69. The van der Waals surface area contributed by atoms with Crippen LogP contribution < -0.4 is 5.73 Å². The second-order valence-electron chi connectivity index (χ2n) is 5.50. The number of nitrogens with zero attached hydrogens (tertiary/aromatic N) is 3. The fraction of sp³-hybridized carbons (Fsp3) is 0.500. The van der Waals surface area contributed by atoms with Crippen LogP contribution in [0.4, 0.5) is 0 Å². The van der Waals surface area contributed by atoms with Crippen LogP contribution >= 0.6 is 0 Å². The molecule has 3 rings (SSSR count). The first-order chi connectivity index (χ1) is 9.09. The molecule has 1 aliphatic rings. The minimum atomic E-state index is -0.199. The number of rotatable bonds is 2. The van der Waals surface area contributed by atoms with Gasteiger partial charge in [-0.05, 0) is 38.8 Å². The average Bonchev–Trinajstić information content (AvgIpc) is 2.99. The van der Waals surface area contributed by atoms with Gasteiger partial charge in [-0.15, -0.1) is 0 Å². The summed E-state index contributed by atoms with van der Waals surface area (Å²) >= 11 is 0. The third kappa shape index (κ3) is 2.04. The van der Waals surface area contributed by atoms with Crippen molar-refractivity contribution in [1.82, 2.24) is 15.1 Å². The molecular formula is C14H18N4O. The Labute approximate surface area is 112 Å². The van der Waals surface area contributed by atoms with Crippen molar-refractivity contribution in [2.24, 2.45) is 5.73 Å². The molecule has 1 fully saturated rings. The van der Waals surface area contributed by atoms with E-state index >= 15 is 0 Å². The first-order valence-electron chi connectivity index (χ1n) is 6.63. The molecular weight excluding hydrogens is 240 g/mol. The standard InChI is InChI=1S/C14H18N4O/c1-9-5-3-6-10(16-9)12-17-13(19-18-12)14(2)8-4-7-11(14)15/h3,5-6,11H,4,7-8,15H2,1-2H3. The van der Waals surface area contributed by atoms with Gasteiger partial charge in [0.15, 0.2) is 0 Å². The maximum Gasteiger partial charge on any atom is 0.234 e. The summed E-state index contributed by atoms with van der Waals surface area (Å²) in [4.78, 5) is 8.91. The van der Waals surface area contributed by atoms with Gasteiger partial charge in [0, 0.05) is 11.7 Å². The molecule has 0 saturated heterocycles. The van der Waals surface area contributed by atoms with Crippen LogP contribution in [0.15, 0.2) is 22.7 Å². The Balaban J connectivity index is 1.96. The summed E-state index contributed by atoms with van der Waals surface area (Å²) in [6.07, 6.45) is 3.12. The molecule has 0 amide bonds. The molecule has 5 heteroatoms. The van der Waals surface area contributed by atoms with Crippen molar-refractivity contribution in [3.8, 4) is 11.5 Å². The molecule has 0 radical (unpaired) electrons. The van der Waals surface area contributed by atoms with Crippen molar-refractivity contribution in [1.29, 1.82) is 0 Å². The summed E-state index contributed by atoms with van der Waals surface area (Å²) in [5.41, 5.74) is 7.65. The number of hydrogen-bond acceptors (Lipinski definition) is 5. The van der Waals surface area contributed by atoms with Crippen LogP contribution in [0.3, 0.4) is 0 Å². The minimum Gasteiger partial charge on any atom is -0.338 e. The topological polar surface area (TPSA) is 77.8 Å². The van der Waals surface area contributed by atoms with Crippen molar-refractivity contribution in [2.75, 3.05) is 0 Å². The number of aryl methyl sites for hydroxylation is 1. The SMILES string of the molecule is Cc1cccc(-c2noc(C3(C)CCCC3N)n2)n1. The van der Waals surface area contributed by atoms with Crippen LogP contribution in [0.25, 0.3) is 11.5 Å². The molecule has 2 unspecified atom stereocenters. The Morgan fingerprint density at radius 1 is 1.37 bits per heavy atom. The largest absolute Gasteiger partial charge is 0.338 e. The first-order valence-corrected chi connectivity index (χ1v) is 6.63. The van der Waals surface area contributed by atoms with Gasteiger partial charge in [0.25, 0.3) is 0 Å². The minimum absolute atomic E-state index is 0.0891. The number of nitrogens with two attached hydrogens (primary N) is 1. The van der Waals surface area contributed by atoms with E-state index in [2.05, 4.69) is 22.0 Å². The Hall–Kier alpha value is -1.75. The van der Waals surface area contributed by atoms with Crippen molar-refractivity contribution in [2.45, 2.75) is 44.6 Å². The molecule has 0 aromatic carbocycles. The summed E-state index contributed by atoms with van der Waals surface area (Å²) < 4.78 is 5.44. The molecule has 1 saturated carbocycles. The molecule has 0 spiro atoms. The molecule has 2 aromatic rings. The van der Waals surface area contributed by atoms with E-state index in [0.717, 1.165) is 30.7 Å². The lowest BCUT2D eigenvalue weighted by atomic mass is 9.85. The monoisotopic (exact) mass is 258 g/mol. The zero-order chi connectivity index (χ0) is 13.5. The molecule has 2 heterocycles. The van der Waals surface area contributed by atoms with Gasteiger partial charge in [0.2, 0.25) is 11.7 Å². The van der Waals surface area contributed by atoms with Gasteiger partial charge in [-0.2, -0.15) is 4.98 Å². The average molecular weight is 258 g/mol. The Morgan fingerprint density at radius 3 is 2.89 bits per heavy atom. The van der Waals surface area contributed by atoms with Gasteiger partial charge in [-0.1, -0.05) is 17.6 Å². The summed E-state index contributed by atoms with van der Waals surface area (Å²) in [5, 5.41) is 4.05. The Bertz CT molecular complexity index is 595. The van der Waals surface area contributed by atoms with Crippen molar-refractivity contribution in [3.05, 3.63) is 29.8 Å². The lowest BCUT2D eigenvalue weighted by Crippen LogP contribution is -2.38. The highest BCUT2D eigenvalue weighted by Gasteiger charge is 2.42. The molecule has 100 valence electrons. The molecule has 19 heavy (non-hydrogen) atoms. The number of hydrogen-bond donors (Lipinski definition) is 1. The van der Waals surface area contributed by atoms with Crippen LogP contribution in [0.2, 0.25) is 0 Å². The molecule has 0 aliphatic heterocycles. The Kier molecular flexibility index (Phi) is 2.86. The van der Waals surface area contributed by atoms with Crippen LogP contribution in [-0.2, 0) is 5.41 Å². The molecule has 2 atom stereocenters. The number of aromatic nitrogens is 3. The van der Waals surface area contributed by atoms with Gasteiger partial charge in [0.1, 0.15) is 5.69 Å². The van der Waals surface area contributed by atoms with Gasteiger partial charge < -0.3 is 10.3 Å². The Morgan fingerprint density at radius 2 is 2.21 bits per heavy atom. The van der Waals surface area contributed by atoms with Gasteiger partial charge >= 0.3 is 0 Å². The molecule has 0 bridgehead atoms. The van der Waals surface area contributed by atoms with Crippen molar-refractivity contribution in [3.63, 3.8) is 0 Å². The van der Waals surface area contributed by atoms with E-state index < -0.39 is 0 Å². The smallest absolute Gasteiger partial charge is 0.234 e. The van der Waals surface area contributed by atoms with Crippen LogP contribution in [0.1, 0.15) is 37.8 Å². The third-order valence-corrected chi connectivity index (χ3v) is 4.06. The van der Waals surface area contributed by atoms with Crippen molar-refractivity contribution < 1.29 is 4.52 Å². The molecule has 1 aliphatic carbocycles. The van der Waals surface area contributed by atoms with Crippen LogP contribution in [0.5, 0.6) is 0 Å². The quantitative estimate of drug-likeness (QED) is 0.893. The third-order valence-electron chi connectivity index (χ3n) is 4.06. The lowest BCUT2D eigenvalue weighted by Gasteiger charge is -2.23. The zero-order valence-corrected chi connectivity index (χ0v) is 11.3. The maximum atomic E-state index is 6.17. The summed E-state index contributed by atoms with van der Waals surface area (Å²) in [5.74, 6) is 1.18. The second-order valence-corrected chi connectivity index (χ2v) is 5.50. The van der Waals surface area contributed by atoms with E-state index in [1.807, 2.05) is 25.1 Å². The predicted octanol–water partition coefficient (Wildman–Crippen LogP) is 2.21. The highest BCUT2D eigenvalue weighted by Crippen LogP contribution is 2.39. The number of pyridine rings is 1. The van der Waals surface area contributed by atoms with E-state index in [4.69, 9.17) is 10.3 Å². The molecule has 2 N–H and O–H groups in total. The van der Waals surface area contributed by atoms with E-state index in [9.17, 15) is 0 Å². The van der Waals surface area contributed by atoms with Crippen molar-refractivity contribution >= 4 is 0 Å². The lowest BCUT2D eigenvalue weighted by molar-refractivity contribution is 0.278. The summed E-state index contributed by atoms with van der Waals surface area (Å²) in [7, 11) is 0. The zero-order valence-electron chi connectivity index (χ0n) is 11.3. The highest BCUT2D eigenvalue weighted by atomic mass is 16.5. The van der Waals surface area contributed by atoms with E-state index in [-0.39, 0.29) is 11.5 Å². The van der Waals surface area contributed by atoms with Gasteiger partial charge in [-0.3, -0.25) is 0 Å². The summed E-state index contributed by atoms with van der Waals surface area (Å²) in [6, 6.07) is 5.86.